The maximum absolute atomic E-state index is 14.3. The summed E-state index contributed by atoms with van der Waals surface area (Å²) in [5, 5.41) is 5.55. The van der Waals surface area contributed by atoms with Crippen LogP contribution in [0.1, 0.15) is 38.6 Å². The van der Waals surface area contributed by atoms with Crippen LogP contribution in [0.5, 0.6) is 17.2 Å². The Morgan fingerprint density at radius 2 is 1.26 bits per heavy atom. The van der Waals surface area contributed by atoms with Crippen LogP contribution in [0, 0.1) is 0 Å². The van der Waals surface area contributed by atoms with Gasteiger partial charge in [-0.05, 0) is 83.1 Å². The highest BCUT2D eigenvalue weighted by atomic mass is 32.2. The van der Waals surface area contributed by atoms with Crippen LogP contribution in [-0.4, -0.2) is 44.3 Å². The van der Waals surface area contributed by atoms with Crippen molar-refractivity contribution in [3.8, 4) is 28.4 Å². The van der Waals surface area contributed by atoms with Gasteiger partial charge in [-0.1, -0.05) is 121 Å². The Morgan fingerprint density at radius 1 is 0.613 bits per heavy atom. The summed E-state index contributed by atoms with van der Waals surface area (Å²) in [6.45, 7) is 1.20. The lowest BCUT2D eigenvalue weighted by Crippen LogP contribution is -2.31. The highest BCUT2D eigenvalue weighted by Gasteiger charge is 2.23. The number of aryl methyl sites for hydroxylation is 2. The van der Waals surface area contributed by atoms with E-state index in [0.29, 0.717) is 55.4 Å². The lowest BCUT2D eigenvalue weighted by molar-refractivity contribution is 0.0740. The lowest BCUT2D eigenvalue weighted by atomic mass is 10.0. The van der Waals surface area contributed by atoms with Gasteiger partial charge in [0.25, 0.3) is 5.91 Å². The number of sulfonamides is 1. The highest BCUT2D eigenvalue weighted by Crippen LogP contribution is 2.38. The van der Waals surface area contributed by atoms with Crippen molar-refractivity contribution in [1.29, 1.82) is 0 Å². The molecule has 0 saturated carbocycles. The molecule has 0 spiro atoms. The molecular weight excluding hydrogens is 817 g/mol. The molecule has 9 nitrogen and oxygen atoms in total. The van der Waals surface area contributed by atoms with Crippen molar-refractivity contribution in [2.45, 2.75) is 25.8 Å². The average molecular weight is 859 g/mol. The molecule has 0 radical (unpaired) electrons. The molecule has 0 aliphatic carbocycles. The molecule has 11 heteroatoms. The Kier molecular flexibility index (Phi) is 11.5. The van der Waals surface area contributed by atoms with Gasteiger partial charge in [0.05, 0.1) is 19.5 Å². The maximum atomic E-state index is 14.3. The monoisotopic (exact) mass is 858 g/mol. The number of hydrogen-bond donors (Lipinski definition) is 1. The maximum Gasteiger partial charge on any atom is 0.354 e. The Labute approximate surface area is 363 Å². The molecule has 0 bridgehead atoms. The molecule has 62 heavy (non-hydrogen) atoms. The second-order valence-corrected chi connectivity index (χ2v) is 17.9. The molecule has 0 saturated heterocycles. The van der Waals surface area contributed by atoms with E-state index in [-0.39, 0.29) is 5.69 Å². The van der Waals surface area contributed by atoms with E-state index in [0.717, 1.165) is 71.2 Å². The van der Waals surface area contributed by atoms with E-state index in [2.05, 4.69) is 53.3 Å². The van der Waals surface area contributed by atoms with Crippen molar-refractivity contribution in [2.75, 3.05) is 19.5 Å². The van der Waals surface area contributed by atoms with Crippen LogP contribution >= 0.6 is 11.3 Å². The van der Waals surface area contributed by atoms with E-state index in [1.165, 1.54) is 11.3 Å². The Balaban J connectivity index is 0.936. The van der Waals surface area contributed by atoms with Crippen molar-refractivity contribution < 1.29 is 32.2 Å². The number of benzene rings is 7. The first kappa shape index (κ1) is 40.5. The number of nitrogens with one attached hydrogen (secondary N) is 1. The Morgan fingerprint density at radius 3 is 2.05 bits per heavy atom. The largest absolute Gasteiger partial charge is 0.493 e. The number of aromatic nitrogens is 1. The third-order valence-electron chi connectivity index (χ3n) is 10.8. The number of nitrogens with zero attached hydrogens (tertiary/aromatic N) is 1. The molecule has 1 N–H and O–H groups in total. The molecular formula is C51H42N2O7S2. The zero-order valence-electron chi connectivity index (χ0n) is 33.9. The first-order valence-electron chi connectivity index (χ1n) is 20.4. The van der Waals surface area contributed by atoms with E-state index < -0.39 is 21.9 Å². The second-order valence-electron chi connectivity index (χ2n) is 15.1. The fourth-order valence-corrected chi connectivity index (χ4v) is 9.60. The molecule has 0 aliphatic heterocycles. The minimum atomic E-state index is -3.75. The number of fused-ring (bicyclic) bond motifs is 4. The van der Waals surface area contributed by atoms with Crippen molar-refractivity contribution in [2.24, 2.45) is 0 Å². The van der Waals surface area contributed by atoms with E-state index >= 15 is 0 Å². The number of rotatable bonds is 15. The van der Waals surface area contributed by atoms with Gasteiger partial charge >= 0.3 is 5.97 Å². The Bertz CT molecular complexity index is 3220. The summed E-state index contributed by atoms with van der Waals surface area (Å²) in [7, 11) is -3.75. The number of thiophene rings is 1. The van der Waals surface area contributed by atoms with Crippen LogP contribution in [0.4, 0.5) is 0 Å². The van der Waals surface area contributed by atoms with Gasteiger partial charge in [0.1, 0.15) is 27.8 Å². The summed E-state index contributed by atoms with van der Waals surface area (Å²) >= 11 is 1.45. The van der Waals surface area contributed by atoms with Gasteiger partial charge in [-0.2, -0.15) is 0 Å². The number of carbonyl (C=O) groups is 2. The van der Waals surface area contributed by atoms with Gasteiger partial charge in [-0.25, -0.2) is 17.9 Å². The summed E-state index contributed by atoms with van der Waals surface area (Å²) in [5.74, 6) is 0.766. The zero-order valence-corrected chi connectivity index (χ0v) is 35.5. The minimum absolute atomic E-state index is 0.251. The van der Waals surface area contributed by atoms with Gasteiger partial charge < -0.3 is 18.8 Å². The first-order valence-corrected chi connectivity index (χ1v) is 23.1. The van der Waals surface area contributed by atoms with Crippen LogP contribution in [0.3, 0.4) is 0 Å². The summed E-state index contributed by atoms with van der Waals surface area (Å²) in [5.41, 5.74) is 4.18. The summed E-state index contributed by atoms with van der Waals surface area (Å²) < 4.78 is 47.5. The van der Waals surface area contributed by atoms with Crippen molar-refractivity contribution in [1.82, 2.24) is 9.29 Å². The number of amides is 1. The highest BCUT2D eigenvalue weighted by molar-refractivity contribution is 7.89. The summed E-state index contributed by atoms with van der Waals surface area (Å²) in [6.07, 6.45) is 2.80. The zero-order chi connectivity index (χ0) is 42.6. The molecule has 0 unspecified atom stereocenters. The number of hydrogen-bond acceptors (Lipinski definition) is 8. The van der Waals surface area contributed by atoms with Crippen LogP contribution < -0.4 is 18.9 Å². The van der Waals surface area contributed by atoms with Crippen LogP contribution in [-0.2, 0) is 23.0 Å². The molecule has 9 aromatic rings. The van der Waals surface area contributed by atoms with Crippen molar-refractivity contribution >= 4 is 75.8 Å². The summed E-state index contributed by atoms with van der Waals surface area (Å²) in [4.78, 5) is 27.8. The smallest absolute Gasteiger partial charge is 0.354 e. The average Bonchev–Trinajstić information content (AvgIpc) is 3.85. The van der Waals surface area contributed by atoms with Gasteiger partial charge in [0.2, 0.25) is 10.0 Å². The number of carbonyl (C=O) groups excluding carboxylic acids is 2. The molecule has 1 amide bonds. The van der Waals surface area contributed by atoms with Gasteiger partial charge in [-0.15, -0.1) is 11.3 Å². The summed E-state index contributed by atoms with van der Waals surface area (Å²) in [6, 6.07) is 51.2. The molecule has 2 heterocycles. The van der Waals surface area contributed by atoms with E-state index in [9.17, 15) is 18.0 Å². The molecule has 310 valence electrons. The van der Waals surface area contributed by atoms with Gasteiger partial charge in [-0.3, -0.25) is 4.79 Å². The van der Waals surface area contributed by atoms with E-state index in [1.54, 1.807) is 12.1 Å². The standard InChI is InChI=1S/C51H42N2O7S2/c1-62(56,57)52-50(54)44-32-37-17-6-10-23-43(37)53(44)29-13-31-59-46-27-28-47(40-21-9-8-20-39(40)46)60-51(55)49-42(22-12-30-58-45-24-11-18-35-16-5-7-19-38(35)45)41-26-25-36(33-48(41)61-49)34-14-3-2-4-15-34/h2-11,14-21,23-28,32-33H,12-13,22,29-31H2,1H3,(H,52,54). The third kappa shape index (κ3) is 8.63. The second kappa shape index (κ2) is 17.6. The molecule has 0 aliphatic rings. The van der Waals surface area contributed by atoms with Gasteiger partial charge in [0.15, 0.2) is 0 Å². The normalized spacial score (nSPS) is 11.6. The predicted octanol–water partition coefficient (Wildman–Crippen LogP) is 11.2. The molecule has 2 aromatic heterocycles. The number of esters is 1. The predicted molar refractivity (Wildman–Crippen MR) is 248 cm³/mol. The lowest BCUT2D eigenvalue weighted by Gasteiger charge is -2.14. The SMILES string of the molecule is CS(=O)(=O)NC(=O)c1cc2ccccc2n1CCCOc1ccc(OC(=O)c2sc3cc(-c4ccccc4)ccc3c2CCCOc2cccc3ccccc23)c2ccccc12. The molecule has 0 atom stereocenters. The van der Waals surface area contributed by atoms with Crippen molar-refractivity contribution in [3.05, 3.63) is 174 Å². The van der Waals surface area contributed by atoms with Crippen LogP contribution in [0.15, 0.2) is 158 Å². The minimum Gasteiger partial charge on any atom is -0.493 e. The van der Waals surface area contributed by atoms with E-state index in [1.807, 2.05) is 102 Å². The third-order valence-corrected chi connectivity index (χ3v) is 12.5. The fraction of sp³-hybridized carbons (Fsp3) is 0.137. The first-order chi connectivity index (χ1) is 30.2. The Hall–Kier alpha value is -6.95. The number of ether oxygens (including phenoxy) is 3. The topological polar surface area (TPSA) is 113 Å². The quantitative estimate of drug-likeness (QED) is 0.0620. The fourth-order valence-electron chi connectivity index (χ4n) is 8.00. The molecule has 7 aromatic carbocycles. The van der Waals surface area contributed by atoms with Crippen LogP contribution in [0.2, 0.25) is 0 Å². The van der Waals surface area contributed by atoms with Crippen molar-refractivity contribution in [3.63, 3.8) is 0 Å². The molecule has 0 fully saturated rings. The van der Waals surface area contributed by atoms with Crippen LogP contribution in [0.25, 0.3) is 53.7 Å². The molecule has 9 rings (SSSR count). The van der Waals surface area contributed by atoms with E-state index in [4.69, 9.17) is 14.2 Å². The van der Waals surface area contributed by atoms with Gasteiger partial charge in [0, 0.05) is 38.3 Å². The number of para-hydroxylation sites is 1.